The van der Waals surface area contributed by atoms with Crippen LogP contribution in [0.25, 0.3) is 0 Å². The Balaban J connectivity index is 4.61. The molecule has 0 aromatic rings. The molecule has 0 fully saturated rings. The van der Waals surface area contributed by atoms with Gasteiger partial charge in [0.1, 0.15) is 11.5 Å². The molecule has 0 heterocycles. The number of nitrogens with one attached hydrogen (secondary N) is 1. The molecule has 0 saturated carbocycles. The van der Waals surface area contributed by atoms with Crippen molar-refractivity contribution < 1.29 is 19.0 Å². The van der Waals surface area contributed by atoms with Gasteiger partial charge in [0.15, 0.2) is 10.7 Å². The van der Waals surface area contributed by atoms with Crippen molar-refractivity contribution in [2.24, 2.45) is 5.18 Å². The third kappa shape index (κ3) is 13.3. The zero-order valence-electron chi connectivity index (χ0n) is 22.0. The van der Waals surface area contributed by atoms with E-state index in [4.69, 9.17) is 26.4 Å². The summed E-state index contributed by atoms with van der Waals surface area (Å²) in [5.74, 6) is 0.776. The van der Waals surface area contributed by atoms with Gasteiger partial charge in [0, 0.05) is 24.5 Å². The highest BCUT2D eigenvalue weighted by atomic mass is 32.1. The van der Waals surface area contributed by atoms with E-state index in [0.717, 1.165) is 11.3 Å². The lowest BCUT2D eigenvalue weighted by molar-refractivity contribution is -0.134. The summed E-state index contributed by atoms with van der Waals surface area (Å²) in [7, 11) is 3.51. The number of amides is 1. The van der Waals surface area contributed by atoms with Gasteiger partial charge >= 0.3 is 5.91 Å². The monoisotopic (exact) mass is 505 g/mol. The van der Waals surface area contributed by atoms with Gasteiger partial charge in [-0.1, -0.05) is 26.2 Å². The van der Waals surface area contributed by atoms with E-state index in [2.05, 4.69) is 23.7 Å². The second kappa shape index (κ2) is 16.4. The van der Waals surface area contributed by atoms with Gasteiger partial charge in [0.2, 0.25) is 0 Å². The number of ether oxygens (including phenoxy) is 3. The van der Waals surface area contributed by atoms with Crippen LogP contribution in [0.5, 0.6) is 0 Å². The fourth-order valence-electron chi connectivity index (χ4n) is 2.36. The summed E-state index contributed by atoms with van der Waals surface area (Å²) in [6, 6.07) is 0. The van der Waals surface area contributed by atoms with E-state index < -0.39 is 11.5 Å². The minimum absolute atomic E-state index is 0.424. The van der Waals surface area contributed by atoms with Crippen LogP contribution in [0.1, 0.15) is 47.5 Å². The predicted molar refractivity (Wildman–Crippen MR) is 145 cm³/mol. The fourth-order valence-corrected chi connectivity index (χ4v) is 2.57. The molecule has 0 aliphatic rings. The third-order valence-electron chi connectivity index (χ3n) is 4.71. The Bertz CT molecular complexity index is 901. The highest BCUT2D eigenvalue weighted by molar-refractivity contribution is 7.80. The van der Waals surface area contributed by atoms with Crippen LogP contribution in [0, 0.1) is 4.91 Å². The van der Waals surface area contributed by atoms with Gasteiger partial charge in [-0.25, -0.2) is 0 Å². The number of nitroso groups, excluding NO2 is 1. The van der Waals surface area contributed by atoms with E-state index in [9.17, 15) is 9.70 Å². The predicted octanol–water partition coefficient (Wildman–Crippen LogP) is 5.66. The SMILES string of the molecule is C=C(/C=C\C(=C/CC)OC(C)(C)C(=O)N=O)OCCCN(C)C(=S)NC(=C)/C(C)=C/C=C(\C)OC. The minimum atomic E-state index is -1.36. The first kappa shape index (κ1) is 31.8. The van der Waals surface area contributed by atoms with Gasteiger partial charge in [-0.05, 0) is 82.6 Å². The number of allylic oxidation sites excluding steroid dienone is 7. The second-order valence-corrected chi connectivity index (χ2v) is 8.57. The largest absolute Gasteiger partial charge is 0.501 e. The van der Waals surface area contributed by atoms with Crippen molar-refractivity contribution in [2.45, 2.75) is 53.1 Å². The van der Waals surface area contributed by atoms with Crippen molar-refractivity contribution in [3.05, 3.63) is 77.0 Å². The van der Waals surface area contributed by atoms with E-state index in [1.165, 1.54) is 13.8 Å². The van der Waals surface area contributed by atoms with Crippen LogP contribution < -0.4 is 5.32 Å². The zero-order valence-corrected chi connectivity index (χ0v) is 22.8. The van der Waals surface area contributed by atoms with Crippen LogP contribution in [0.4, 0.5) is 0 Å². The third-order valence-corrected chi connectivity index (χ3v) is 5.12. The van der Waals surface area contributed by atoms with Crippen LogP contribution in [-0.2, 0) is 19.0 Å². The van der Waals surface area contributed by atoms with E-state index in [1.807, 2.05) is 44.9 Å². The molecule has 0 unspecified atom stereocenters. The van der Waals surface area contributed by atoms with Crippen molar-refractivity contribution in [2.75, 3.05) is 27.3 Å². The van der Waals surface area contributed by atoms with E-state index in [1.54, 1.807) is 25.3 Å². The van der Waals surface area contributed by atoms with Gasteiger partial charge < -0.3 is 24.4 Å². The Morgan fingerprint density at radius 2 is 1.86 bits per heavy atom. The standard InChI is InChI=1S/C26H39N3O5S/c1-10-12-23(34-26(6,7)24(30)28-31)16-15-21(4)33-18-11-17-29(8)25(35)27-22(5)19(2)13-14-20(3)32-9/h12-16H,4-5,10-11,17-18H2,1-3,6-9H3,(H,27,35)/b16-15-,19-13+,20-14+,23-12+. The van der Waals surface area contributed by atoms with E-state index in [-0.39, 0.29) is 0 Å². The lowest BCUT2D eigenvalue weighted by Crippen LogP contribution is -2.37. The number of hydrogen-bond acceptors (Lipinski definition) is 6. The Labute approximate surface area is 215 Å². The maximum absolute atomic E-state index is 11.6. The Kier molecular flexibility index (Phi) is 14.9. The molecule has 0 saturated heterocycles. The first-order valence-electron chi connectivity index (χ1n) is 11.2. The van der Waals surface area contributed by atoms with Crippen LogP contribution in [0.15, 0.2) is 77.3 Å². The van der Waals surface area contributed by atoms with E-state index in [0.29, 0.717) is 48.3 Å². The zero-order chi connectivity index (χ0) is 27.0. The lowest BCUT2D eigenvalue weighted by atomic mass is 10.1. The highest BCUT2D eigenvalue weighted by Crippen LogP contribution is 2.18. The molecule has 194 valence electrons. The van der Waals surface area contributed by atoms with Gasteiger partial charge in [0.25, 0.3) is 0 Å². The first-order chi connectivity index (χ1) is 16.4. The molecule has 0 rings (SSSR count). The van der Waals surface area contributed by atoms with Crippen molar-refractivity contribution in [3.63, 3.8) is 0 Å². The normalized spacial score (nSPS) is 12.7. The summed E-state index contributed by atoms with van der Waals surface area (Å²) in [6.07, 6.45) is 10.2. The number of methoxy groups -OCH3 is 1. The molecule has 0 aromatic heterocycles. The Hall–Kier alpha value is -3.20. The van der Waals surface area contributed by atoms with Crippen LogP contribution in [0.3, 0.4) is 0 Å². The molecule has 0 radical (unpaired) electrons. The molecule has 8 nitrogen and oxygen atoms in total. The summed E-state index contributed by atoms with van der Waals surface area (Å²) in [6.45, 7) is 17.7. The lowest BCUT2D eigenvalue weighted by Gasteiger charge is -2.22. The summed E-state index contributed by atoms with van der Waals surface area (Å²) in [4.78, 5) is 24.1. The molecule has 0 aliphatic heterocycles. The fraction of sp³-hybridized carbons (Fsp3) is 0.462. The maximum atomic E-state index is 11.6. The number of nitrogens with zero attached hydrogens (tertiary/aromatic N) is 2. The topological polar surface area (TPSA) is 89.5 Å². The number of carbonyl (C=O) groups is 1. The molecule has 1 N–H and O–H groups in total. The molecule has 1 amide bonds. The number of thiocarbonyl (C=S) groups is 1. The highest BCUT2D eigenvalue weighted by Gasteiger charge is 2.31. The van der Waals surface area contributed by atoms with Crippen LogP contribution in [-0.4, -0.2) is 48.8 Å². The molecule has 0 aliphatic carbocycles. The molecule has 0 bridgehead atoms. The van der Waals surface area contributed by atoms with E-state index >= 15 is 0 Å². The number of carbonyl (C=O) groups excluding carboxylic acids is 1. The minimum Gasteiger partial charge on any atom is -0.501 e. The van der Waals surface area contributed by atoms with Crippen molar-refractivity contribution >= 4 is 23.2 Å². The number of rotatable bonds is 15. The Morgan fingerprint density at radius 3 is 2.43 bits per heavy atom. The average molecular weight is 506 g/mol. The molecule has 9 heteroatoms. The summed E-state index contributed by atoms with van der Waals surface area (Å²) in [5, 5.41) is 6.14. The molecule has 0 atom stereocenters. The molecule has 0 spiro atoms. The summed E-state index contributed by atoms with van der Waals surface area (Å²) >= 11 is 5.44. The van der Waals surface area contributed by atoms with Crippen molar-refractivity contribution in [3.8, 4) is 0 Å². The Morgan fingerprint density at radius 1 is 1.20 bits per heavy atom. The smallest absolute Gasteiger partial charge is 0.328 e. The average Bonchev–Trinajstić information content (AvgIpc) is 2.82. The first-order valence-corrected chi connectivity index (χ1v) is 11.7. The molecular formula is C26H39N3O5S. The van der Waals surface area contributed by atoms with Gasteiger partial charge in [0.05, 0.1) is 19.5 Å². The second-order valence-electron chi connectivity index (χ2n) is 8.19. The maximum Gasteiger partial charge on any atom is 0.328 e. The van der Waals surface area contributed by atoms with Crippen molar-refractivity contribution in [1.29, 1.82) is 0 Å². The van der Waals surface area contributed by atoms with Gasteiger partial charge in [-0.15, -0.1) is 4.91 Å². The molecule has 0 aromatic carbocycles. The molecule has 35 heavy (non-hydrogen) atoms. The summed E-state index contributed by atoms with van der Waals surface area (Å²) in [5.41, 5.74) is 0.300. The number of hydrogen-bond donors (Lipinski definition) is 1. The van der Waals surface area contributed by atoms with Gasteiger partial charge in [-0.2, -0.15) is 0 Å². The van der Waals surface area contributed by atoms with Crippen molar-refractivity contribution in [1.82, 2.24) is 10.2 Å². The molecular weight excluding hydrogens is 466 g/mol. The van der Waals surface area contributed by atoms with Gasteiger partial charge in [-0.3, -0.25) is 4.79 Å². The quantitative estimate of drug-likeness (QED) is 0.100. The van der Waals surface area contributed by atoms with Crippen LogP contribution >= 0.6 is 12.2 Å². The summed E-state index contributed by atoms with van der Waals surface area (Å²) < 4.78 is 16.4. The van der Waals surface area contributed by atoms with Crippen LogP contribution in [0.2, 0.25) is 0 Å².